The molecule has 0 atom stereocenters. The molecule has 1 aromatic rings. The van der Waals surface area contributed by atoms with E-state index in [0.717, 1.165) is 4.88 Å². The van der Waals surface area contributed by atoms with Crippen LogP contribution in [-0.2, 0) is 11.3 Å². The molecule has 1 N–H and O–H groups in total. The fourth-order valence-electron chi connectivity index (χ4n) is 1.68. The molecule has 1 rings (SSSR count). The fraction of sp³-hybridized carbons (Fsp3) is 0.500. The number of hydrogen-bond donors (Lipinski definition) is 1. The second-order valence-corrected chi connectivity index (χ2v) is 5.27. The van der Waals surface area contributed by atoms with Crippen LogP contribution < -0.4 is 0 Å². The van der Waals surface area contributed by atoms with Crippen molar-refractivity contribution >= 4 is 23.3 Å². The maximum absolute atomic E-state index is 12.5. The summed E-state index contributed by atoms with van der Waals surface area (Å²) in [6, 6.07) is 2.58. The number of carboxylic acid groups (broad SMARTS) is 1. The lowest BCUT2D eigenvalue weighted by Gasteiger charge is -2.29. The number of urea groups is 1. The summed E-state index contributed by atoms with van der Waals surface area (Å²) in [6.07, 6.45) is -4.65. The number of rotatable bonds is 6. The highest BCUT2D eigenvalue weighted by molar-refractivity contribution is 7.09. The maximum Gasteiger partial charge on any atom is 0.406 e. The Morgan fingerprint density at radius 3 is 2.43 bits per heavy atom. The number of carbonyl (C=O) groups excluding carboxylic acids is 1. The zero-order valence-electron chi connectivity index (χ0n) is 11.3. The van der Waals surface area contributed by atoms with E-state index in [1.165, 1.54) is 16.2 Å². The van der Waals surface area contributed by atoms with E-state index in [-0.39, 0.29) is 13.1 Å². The van der Waals surface area contributed by atoms with Gasteiger partial charge < -0.3 is 14.9 Å². The van der Waals surface area contributed by atoms with Gasteiger partial charge in [-0.05, 0) is 18.4 Å². The Bertz CT molecular complexity index is 477. The lowest BCUT2D eigenvalue weighted by molar-refractivity contribution is -0.149. The minimum atomic E-state index is -4.65. The second-order valence-electron chi connectivity index (χ2n) is 4.24. The highest BCUT2D eigenvalue weighted by atomic mass is 32.1. The van der Waals surface area contributed by atoms with Crippen molar-refractivity contribution in [1.29, 1.82) is 0 Å². The van der Waals surface area contributed by atoms with Gasteiger partial charge in [0.15, 0.2) is 0 Å². The van der Waals surface area contributed by atoms with Gasteiger partial charge in [-0.1, -0.05) is 6.07 Å². The number of halogens is 3. The second kappa shape index (κ2) is 7.30. The molecule has 0 fully saturated rings. The minimum Gasteiger partial charge on any atom is -0.480 e. The van der Waals surface area contributed by atoms with Crippen molar-refractivity contribution in [3.63, 3.8) is 0 Å². The zero-order chi connectivity index (χ0) is 16.0. The predicted octanol–water partition coefficient (Wildman–Crippen LogP) is 2.64. The number of aliphatic carboxylic acids is 1. The molecule has 0 spiro atoms. The van der Waals surface area contributed by atoms with Crippen LogP contribution in [0.2, 0.25) is 0 Å². The third kappa shape index (κ3) is 6.03. The molecule has 0 aliphatic carbocycles. The van der Waals surface area contributed by atoms with E-state index in [4.69, 9.17) is 5.11 Å². The Morgan fingerprint density at radius 1 is 1.33 bits per heavy atom. The van der Waals surface area contributed by atoms with Crippen molar-refractivity contribution in [2.24, 2.45) is 0 Å². The molecule has 1 aromatic heterocycles. The van der Waals surface area contributed by atoms with Gasteiger partial charge in [0, 0.05) is 11.4 Å². The third-order valence-corrected chi connectivity index (χ3v) is 3.41. The Morgan fingerprint density at radius 2 is 2.00 bits per heavy atom. The molecule has 5 nitrogen and oxygen atoms in total. The quantitative estimate of drug-likeness (QED) is 0.875. The van der Waals surface area contributed by atoms with E-state index in [1.807, 2.05) is 0 Å². The average Bonchev–Trinajstić information content (AvgIpc) is 2.84. The molecule has 0 saturated carbocycles. The summed E-state index contributed by atoms with van der Waals surface area (Å²) < 4.78 is 37.4. The van der Waals surface area contributed by atoms with E-state index in [1.54, 1.807) is 24.4 Å². The summed E-state index contributed by atoms with van der Waals surface area (Å²) in [7, 11) is 0. The topological polar surface area (TPSA) is 60.9 Å². The van der Waals surface area contributed by atoms with Crippen molar-refractivity contribution in [3.8, 4) is 0 Å². The van der Waals surface area contributed by atoms with Crippen LogP contribution in [-0.4, -0.2) is 52.7 Å². The van der Waals surface area contributed by atoms with Gasteiger partial charge in [-0.3, -0.25) is 4.79 Å². The molecule has 9 heteroatoms. The highest BCUT2D eigenvalue weighted by Crippen LogP contribution is 2.19. The SMILES string of the molecule is CCN(Cc1cccs1)C(=O)N(CC(=O)O)CC(F)(F)F. The van der Waals surface area contributed by atoms with E-state index >= 15 is 0 Å². The molecule has 1 heterocycles. The van der Waals surface area contributed by atoms with Gasteiger partial charge in [0.05, 0.1) is 6.54 Å². The first-order valence-corrected chi connectivity index (χ1v) is 6.95. The first kappa shape index (κ1) is 17.3. The molecule has 2 amide bonds. The third-order valence-electron chi connectivity index (χ3n) is 2.55. The molecule has 0 saturated heterocycles. The first-order chi connectivity index (χ1) is 9.73. The van der Waals surface area contributed by atoms with Gasteiger partial charge in [0.2, 0.25) is 0 Å². The number of alkyl halides is 3. The molecule has 0 aliphatic rings. The maximum atomic E-state index is 12.5. The summed E-state index contributed by atoms with van der Waals surface area (Å²) in [4.78, 5) is 25.0. The minimum absolute atomic E-state index is 0.154. The number of carbonyl (C=O) groups is 2. The Balaban J connectivity index is 2.82. The van der Waals surface area contributed by atoms with Gasteiger partial charge in [-0.25, -0.2) is 4.79 Å². The number of hydrogen-bond acceptors (Lipinski definition) is 3. The summed E-state index contributed by atoms with van der Waals surface area (Å²) in [5.74, 6) is -1.49. The van der Waals surface area contributed by atoms with Gasteiger partial charge in [-0.2, -0.15) is 13.2 Å². The van der Waals surface area contributed by atoms with Crippen molar-refractivity contribution < 1.29 is 27.9 Å². The Labute approximate surface area is 123 Å². The van der Waals surface area contributed by atoms with Crippen LogP contribution in [0.25, 0.3) is 0 Å². The van der Waals surface area contributed by atoms with Crippen LogP contribution in [0.5, 0.6) is 0 Å². The van der Waals surface area contributed by atoms with Crippen molar-refractivity contribution in [1.82, 2.24) is 9.80 Å². The monoisotopic (exact) mass is 324 g/mol. The normalized spacial score (nSPS) is 11.2. The molecule has 21 heavy (non-hydrogen) atoms. The van der Waals surface area contributed by atoms with Gasteiger partial charge in [-0.15, -0.1) is 11.3 Å². The summed E-state index contributed by atoms with van der Waals surface area (Å²) >= 11 is 1.37. The van der Waals surface area contributed by atoms with Crippen LogP contribution in [0.3, 0.4) is 0 Å². The van der Waals surface area contributed by atoms with E-state index in [9.17, 15) is 22.8 Å². The largest absolute Gasteiger partial charge is 0.480 e. The summed E-state index contributed by atoms with van der Waals surface area (Å²) in [5.41, 5.74) is 0. The van der Waals surface area contributed by atoms with Crippen molar-refractivity contribution in [2.45, 2.75) is 19.6 Å². The lowest BCUT2D eigenvalue weighted by atomic mass is 10.4. The number of amides is 2. The summed E-state index contributed by atoms with van der Waals surface area (Å²) in [5, 5.41) is 10.5. The average molecular weight is 324 g/mol. The van der Waals surface area contributed by atoms with Crippen LogP contribution in [0, 0.1) is 0 Å². The van der Waals surface area contributed by atoms with E-state index in [0.29, 0.717) is 4.90 Å². The molecular weight excluding hydrogens is 309 g/mol. The molecule has 0 aliphatic heterocycles. The number of nitrogens with zero attached hydrogens (tertiary/aromatic N) is 2. The Hall–Kier alpha value is -1.77. The van der Waals surface area contributed by atoms with Crippen LogP contribution >= 0.6 is 11.3 Å². The molecule has 118 valence electrons. The molecule has 0 radical (unpaired) electrons. The molecular formula is C12H15F3N2O3S. The molecule has 0 bridgehead atoms. The fourth-order valence-corrected chi connectivity index (χ4v) is 2.40. The van der Waals surface area contributed by atoms with Crippen LogP contribution in [0.1, 0.15) is 11.8 Å². The lowest BCUT2D eigenvalue weighted by Crippen LogP contribution is -2.48. The number of thiophene rings is 1. The van der Waals surface area contributed by atoms with Gasteiger partial charge in [0.1, 0.15) is 13.1 Å². The predicted molar refractivity (Wildman–Crippen MR) is 71.1 cm³/mol. The Kier molecular flexibility index (Phi) is 6.01. The van der Waals surface area contributed by atoms with E-state index < -0.39 is 31.3 Å². The standard InChI is InChI=1S/C12H15F3N2O3S/c1-2-16(6-9-4-3-5-21-9)11(20)17(7-10(18)19)8-12(13,14)15/h3-5H,2,6-8H2,1H3,(H,18,19). The van der Waals surface area contributed by atoms with Crippen molar-refractivity contribution in [2.75, 3.05) is 19.6 Å². The molecule has 0 unspecified atom stereocenters. The smallest absolute Gasteiger partial charge is 0.406 e. The van der Waals surface area contributed by atoms with Gasteiger partial charge in [0.25, 0.3) is 0 Å². The van der Waals surface area contributed by atoms with E-state index in [2.05, 4.69) is 0 Å². The van der Waals surface area contributed by atoms with Crippen LogP contribution in [0.4, 0.5) is 18.0 Å². The molecule has 0 aromatic carbocycles. The highest BCUT2D eigenvalue weighted by Gasteiger charge is 2.35. The van der Waals surface area contributed by atoms with Gasteiger partial charge >= 0.3 is 18.2 Å². The summed E-state index contributed by atoms with van der Waals surface area (Å²) in [6.45, 7) is -0.609. The van der Waals surface area contributed by atoms with Crippen molar-refractivity contribution in [3.05, 3.63) is 22.4 Å². The van der Waals surface area contributed by atoms with Crippen LogP contribution in [0.15, 0.2) is 17.5 Å². The number of carboxylic acids is 1. The first-order valence-electron chi connectivity index (χ1n) is 6.07. The zero-order valence-corrected chi connectivity index (χ0v) is 12.1.